The first-order valence-electron chi connectivity index (χ1n) is 6.73. The van der Waals surface area contributed by atoms with E-state index in [0.29, 0.717) is 0 Å². The minimum atomic E-state index is -0.604. The molecule has 3 nitrogen and oxygen atoms in total. The lowest BCUT2D eigenvalue weighted by Gasteiger charge is -2.27. The molecular formula is C15H22BrNO2S. The molecule has 1 atom stereocenters. The summed E-state index contributed by atoms with van der Waals surface area (Å²) in [5.41, 5.74) is -0.604. The molecule has 0 saturated carbocycles. The Hall–Kier alpha value is -0.520. The second kappa shape index (κ2) is 8.70. The highest BCUT2D eigenvalue weighted by atomic mass is 79.9. The number of benzene rings is 1. The molecule has 0 aliphatic heterocycles. The topological polar surface area (TPSA) is 38.3 Å². The molecule has 1 rings (SSSR count). The maximum absolute atomic E-state index is 11.9. The van der Waals surface area contributed by atoms with Crippen molar-refractivity contribution in [3.8, 4) is 0 Å². The smallest absolute Gasteiger partial charge is 0.325 e. The van der Waals surface area contributed by atoms with Crippen LogP contribution in [-0.2, 0) is 9.53 Å². The van der Waals surface area contributed by atoms with Gasteiger partial charge in [-0.25, -0.2) is 0 Å². The van der Waals surface area contributed by atoms with Crippen LogP contribution >= 0.6 is 27.7 Å². The molecule has 0 radical (unpaired) electrons. The molecule has 0 bridgehead atoms. The number of thioether (sulfide) groups is 1. The Bertz CT molecular complexity index is 424. The van der Waals surface area contributed by atoms with Crippen molar-refractivity contribution in [2.45, 2.75) is 37.1 Å². The second-order valence-electron chi connectivity index (χ2n) is 4.80. The van der Waals surface area contributed by atoms with Crippen LogP contribution in [0.3, 0.4) is 0 Å². The summed E-state index contributed by atoms with van der Waals surface area (Å²) in [6.07, 6.45) is 1.73. The molecular weight excluding hydrogens is 338 g/mol. The summed E-state index contributed by atoms with van der Waals surface area (Å²) in [4.78, 5) is 13.1. The van der Waals surface area contributed by atoms with Gasteiger partial charge in [0.05, 0.1) is 7.11 Å². The Morgan fingerprint density at radius 3 is 2.60 bits per heavy atom. The fourth-order valence-electron chi connectivity index (χ4n) is 1.79. The van der Waals surface area contributed by atoms with Gasteiger partial charge in [-0.15, -0.1) is 11.8 Å². The molecule has 5 heteroatoms. The van der Waals surface area contributed by atoms with Gasteiger partial charge in [0.1, 0.15) is 5.54 Å². The van der Waals surface area contributed by atoms with Gasteiger partial charge in [0.25, 0.3) is 0 Å². The van der Waals surface area contributed by atoms with Gasteiger partial charge in [0.2, 0.25) is 0 Å². The zero-order chi connectivity index (χ0) is 15.0. The molecule has 0 saturated heterocycles. The zero-order valence-corrected chi connectivity index (χ0v) is 14.6. The molecule has 1 unspecified atom stereocenters. The van der Waals surface area contributed by atoms with Crippen molar-refractivity contribution in [2.75, 3.05) is 19.4 Å². The monoisotopic (exact) mass is 359 g/mol. The molecule has 0 aromatic heterocycles. The molecule has 1 aromatic rings. The van der Waals surface area contributed by atoms with Gasteiger partial charge in [0.15, 0.2) is 0 Å². The number of halogens is 1. The first-order chi connectivity index (χ1) is 9.51. The third-order valence-electron chi connectivity index (χ3n) is 3.09. The summed E-state index contributed by atoms with van der Waals surface area (Å²) in [5, 5.41) is 3.30. The van der Waals surface area contributed by atoms with E-state index in [4.69, 9.17) is 4.74 Å². The highest BCUT2D eigenvalue weighted by Gasteiger charge is 2.32. The molecule has 0 aliphatic rings. The van der Waals surface area contributed by atoms with Crippen molar-refractivity contribution in [2.24, 2.45) is 0 Å². The Labute approximate surface area is 134 Å². The van der Waals surface area contributed by atoms with E-state index < -0.39 is 5.54 Å². The Morgan fingerprint density at radius 2 is 2.05 bits per heavy atom. The summed E-state index contributed by atoms with van der Waals surface area (Å²) in [6.45, 7) is 4.81. The fourth-order valence-corrected chi connectivity index (χ4v) is 3.13. The van der Waals surface area contributed by atoms with Crippen molar-refractivity contribution in [3.05, 3.63) is 28.7 Å². The first-order valence-corrected chi connectivity index (χ1v) is 8.51. The number of esters is 1. The van der Waals surface area contributed by atoms with Crippen molar-refractivity contribution in [1.29, 1.82) is 0 Å². The van der Waals surface area contributed by atoms with Crippen molar-refractivity contribution in [3.63, 3.8) is 0 Å². The highest BCUT2D eigenvalue weighted by molar-refractivity contribution is 9.10. The van der Waals surface area contributed by atoms with E-state index in [0.717, 1.165) is 29.6 Å². The second-order valence-corrected chi connectivity index (χ2v) is 6.89. The zero-order valence-electron chi connectivity index (χ0n) is 12.2. The Morgan fingerprint density at radius 1 is 1.40 bits per heavy atom. The van der Waals surface area contributed by atoms with Gasteiger partial charge >= 0.3 is 5.97 Å². The summed E-state index contributed by atoms with van der Waals surface area (Å²) in [5.74, 6) is 0.673. The Balaban J connectivity index is 2.53. The lowest BCUT2D eigenvalue weighted by molar-refractivity contribution is -0.148. The molecule has 20 heavy (non-hydrogen) atoms. The van der Waals surface area contributed by atoms with Crippen molar-refractivity contribution in [1.82, 2.24) is 5.32 Å². The summed E-state index contributed by atoms with van der Waals surface area (Å²) in [7, 11) is 1.44. The van der Waals surface area contributed by atoms with Crippen LogP contribution in [0, 0.1) is 0 Å². The molecule has 112 valence electrons. The average Bonchev–Trinajstić information content (AvgIpc) is 2.46. The van der Waals surface area contributed by atoms with Gasteiger partial charge in [0, 0.05) is 15.1 Å². The van der Waals surface area contributed by atoms with E-state index in [1.165, 1.54) is 12.0 Å². The Kier molecular flexibility index (Phi) is 7.62. The minimum Gasteiger partial charge on any atom is -0.468 e. The molecule has 0 heterocycles. The van der Waals surface area contributed by atoms with Gasteiger partial charge in [-0.3, -0.25) is 4.79 Å². The van der Waals surface area contributed by atoms with Crippen LogP contribution in [0.4, 0.5) is 0 Å². The van der Waals surface area contributed by atoms with Gasteiger partial charge in [-0.2, -0.15) is 0 Å². The average molecular weight is 360 g/mol. The molecule has 0 amide bonds. The van der Waals surface area contributed by atoms with Crippen molar-refractivity contribution >= 4 is 33.7 Å². The minimum absolute atomic E-state index is 0.192. The van der Waals surface area contributed by atoms with Crippen LogP contribution in [0.25, 0.3) is 0 Å². The van der Waals surface area contributed by atoms with Gasteiger partial charge in [-0.05, 0) is 50.6 Å². The third kappa shape index (κ3) is 5.46. The van der Waals surface area contributed by atoms with Crippen LogP contribution < -0.4 is 5.32 Å². The maximum atomic E-state index is 11.9. The summed E-state index contributed by atoms with van der Waals surface area (Å²) >= 11 is 5.17. The van der Waals surface area contributed by atoms with Crippen LogP contribution in [0.1, 0.15) is 26.7 Å². The van der Waals surface area contributed by atoms with Crippen LogP contribution in [-0.4, -0.2) is 30.9 Å². The van der Waals surface area contributed by atoms with Crippen LogP contribution in [0.5, 0.6) is 0 Å². The largest absolute Gasteiger partial charge is 0.468 e. The van der Waals surface area contributed by atoms with E-state index in [1.54, 1.807) is 11.8 Å². The first kappa shape index (κ1) is 17.5. The van der Waals surface area contributed by atoms with Crippen LogP contribution in [0.15, 0.2) is 33.6 Å². The predicted molar refractivity (Wildman–Crippen MR) is 88.2 cm³/mol. The standard InChI is InChI=1S/C15H22BrNO2S/c1-4-10-17-15(2,14(18)19-3)9-11-20-13-7-5-12(16)6-8-13/h5-8,17H,4,9-11H2,1-3H3. The highest BCUT2D eigenvalue weighted by Crippen LogP contribution is 2.24. The molecule has 0 spiro atoms. The number of ether oxygens (including phenoxy) is 1. The fraction of sp³-hybridized carbons (Fsp3) is 0.533. The molecule has 0 fully saturated rings. The van der Waals surface area contributed by atoms with Crippen molar-refractivity contribution < 1.29 is 9.53 Å². The van der Waals surface area contributed by atoms with Gasteiger partial charge < -0.3 is 10.1 Å². The maximum Gasteiger partial charge on any atom is 0.325 e. The third-order valence-corrected chi connectivity index (χ3v) is 4.63. The molecule has 0 aliphatic carbocycles. The van der Waals surface area contributed by atoms with E-state index in [1.807, 2.05) is 19.1 Å². The number of nitrogens with one attached hydrogen (secondary N) is 1. The molecule has 1 N–H and O–H groups in total. The van der Waals surface area contributed by atoms with E-state index in [9.17, 15) is 4.79 Å². The number of rotatable bonds is 8. The van der Waals surface area contributed by atoms with Crippen LogP contribution in [0.2, 0.25) is 0 Å². The lowest BCUT2D eigenvalue weighted by atomic mass is 9.99. The molecule has 1 aromatic carbocycles. The number of hydrogen-bond acceptors (Lipinski definition) is 4. The number of carbonyl (C=O) groups is 1. The van der Waals surface area contributed by atoms with E-state index in [-0.39, 0.29) is 5.97 Å². The van der Waals surface area contributed by atoms with E-state index >= 15 is 0 Å². The predicted octanol–water partition coefficient (Wildman–Crippen LogP) is 3.86. The summed E-state index contributed by atoms with van der Waals surface area (Å²) < 4.78 is 5.99. The summed E-state index contributed by atoms with van der Waals surface area (Å²) in [6, 6.07) is 8.20. The normalized spacial score (nSPS) is 13.8. The van der Waals surface area contributed by atoms with Gasteiger partial charge in [-0.1, -0.05) is 22.9 Å². The number of methoxy groups -OCH3 is 1. The number of carbonyl (C=O) groups excluding carboxylic acids is 1. The lowest BCUT2D eigenvalue weighted by Crippen LogP contribution is -2.50. The number of hydrogen-bond donors (Lipinski definition) is 1. The quantitative estimate of drug-likeness (QED) is 0.564. The van der Waals surface area contributed by atoms with E-state index in [2.05, 4.69) is 40.3 Å². The SMILES string of the molecule is CCCNC(C)(CCSc1ccc(Br)cc1)C(=O)OC.